The maximum Gasteiger partial charge on any atom is 0.416 e. The van der Waals surface area contributed by atoms with E-state index in [0.29, 0.717) is 12.8 Å². The Hall–Kier alpha value is -2.63. The number of alkyl halides is 3. The van der Waals surface area contributed by atoms with E-state index >= 15 is 0 Å². The highest BCUT2D eigenvalue weighted by molar-refractivity contribution is 5.99. The van der Waals surface area contributed by atoms with E-state index in [1.807, 2.05) is 30.3 Å². The zero-order valence-corrected chi connectivity index (χ0v) is 17.2. The molecule has 2 aromatic rings. The van der Waals surface area contributed by atoms with Gasteiger partial charge in [-0.25, -0.2) is 0 Å². The van der Waals surface area contributed by atoms with E-state index in [1.54, 1.807) is 20.8 Å². The fraction of sp³-hybridized carbons (Fsp3) is 0.417. The van der Waals surface area contributed by atoms with Crippen LogP contribution in [0.3, 0.4) is 0 Å². The van der Waals surface area contributed by atoms with Gasteiger partial charge in [0.05, 0.1) is 11.5 Å². The average molecular weight is 418 g/mol. The number of carbonyl (C=O) groups is 2. The second-order valence-electron chi connectivity index (χ2n) is 8.76. The van der Waals surface area contributed by atoms with Crippen LogP contribution >= 0.6 is 0 Å². The molecule has 2 aromatic carbocycles. The van der Waals surface area contributed by atoms with Gasteiger partial charge in [-0.15, -0.1) is 0 Å². The Morgan fingerprint density at radius 1 is 0.900 bits per heavy atom. The molecule has 0 radical (unpaired) electrons. The van der Waals surface area contributed by atoms with Crippen molar-refractivity contribution in [2.45, 2.75) is 51.3 Å². The zero-order valence-electron chi connectivity index (χ0n) is 17.2. The summed E-state index contributed by atoms with van der Waals surface area (Å²) in [6.07, 6.45) is -3.67. The van der Waals surface area contributed by atoms with Crippen molar-refractivity contribution in [3.05, 3.63) is 71.3 Å². The highest BCUT2D eigenvalue weighted by Crippen LogP contribution is 2.45. The van der Waals surface area contributed by atoms with E-state index in [4.69, 9.17) is 4.74 Å². The summed E-state index contributed by atoms with van der Waals surface area (Å²) in [5, 5.41) is 0. The van der Waals surface area contributed by atoms with E-state index in [9.17, 15) is 22.8 Å². The molecule has 3 rings (SSSR count). The lowest BCUT2D eigenvalue weighted by atomic mass is 9.84. The normalized spacial score (nSPS) is 22.0. The van der Waals surface area contributed by atoms with Crippen molar-refractivity contribution in [2.24, 2.45) is 11.8 Å². The molecule has 0 spiro atoms. The van der Waals surface area contributed by atoms with Gasteiger partial charge in [-0.1, -0.05) is 42.5 Å². The third-order valence-electron chi connectivity index (χ3n) is 5.36. The third kappa shape index (κ3) is 5.10. The first-order chi connectivity index (χ1) is 14.0. The summed E-state index contributed by atoms with van der Waals surface area (Å²) in [5.74, 6) is -1.72. The van der Waals surface area contributed by atoms with Crippen LogP contribution in [-0.4, -0.2) is 17.4 Å². The standard InChI is InChI=1S/C24H25F3O3/c1-23(2,3)30-22(29)17-13-19(15-7-5-4-6-8-15)20(14-17)21(28)16-9-11-18(12-10-16)24(25,26)27/h4-12,17,19-20H,13-14H2,1-3H3/t17-,19+,20-/m0/s1. The van der Waals surface area contributed by atoms with Crippen LogP contribution in [-0.2, 0) is 15.7 Å². The largest absolute Gasteiger partial charge is 0.460 e. The number of hydrogen-bond donors (Lipinski definition) is 0. The Labute approximate surface area is 174 Å². The molecular formula is C24H25F3O3. The van der Waals surface area contributed by atoms with Crippen LogP contribution in [0.4, 0.5) is 13.2 Å². The van der Waals surface area contributed by atoms with Crippen molar-refractivity contribution < 1.29 is 27.5 Å². The van der Waals surface area contributed by atoms with Crippen molar-refractivity contribution in [3.8, 4) is 0 Å². The first-order valence-corrected chi connectivity index (χ1v) is 9.95. The minimum atomic E-state index is -4.46. The van der Waals surface area contributed by atoms with E-state index in [0.717, 1.165) is 17.7 Å². The Morgan fingerprint density at radius 3 is 2.03 bits per heavy atom. The number of ketones is 1. The van der Waals surface area contributed by atoms with Crippen molar-refractivity contribution in [1.29, 1.82) is 0 Å². The number of hydrogen-bond acceptors (Lipinski definition) is 3. The van der Waals surface area contributed by atoms with Gasteiger partial charge >= 0.3 is 12.1 Å². The van der Waals surface area contributed by atoms with Gasteiger partial charge in [-0.2, -0.15) is 13.2 Å². The van der Waals surface area contributed by atoms with Crippen LogP contribution in [0.15, 0.2) is 54.6 Å². The van der Waals surface area contributed by atoms with Crippen molar-refractivity contribution in [3.63, 3.8) is 0 Å². The fourth-order valence-electron chi connectivity index (χ4n) is 4.01. The van der Waals surface area contributed by atoms with E-state index in [1.165, 1.54) is 12.1 Å². The molecular weight excluding hydrogens is 393 g/mol. The third-order valence-corrected chi connectivity index (χ3v) is 5.36. The zero-order chi connectivity index (χ0) is 22.1. The molecule has 30 heavy (non-hydrogen) atoms. The van der Waals surface area contributed by atoms with Gasteiger partial charge in [0.1, 0.15) is 5.60 Å². The number of Topliss-reactive ketones (excluding diaryl/α,β-unsaturated/α-hetero) is 1. The monoisotopic (exact) mass is 418 g/mol. The molecule has 0 unspecified atom stereocenters. The van der Waals surface area contributed by atoms with Crippen LogP contribution < -0.4 is 0 Å². The molecule has 160 valence electrons. The van der Waals surface area contributed by atoms with Gasteiger partial charge in [0, 0.05) is 11.5 Å². The molecule has 0 bridgehead atoms. The van der Waals surface area contributed by atoms with Gasteiger partial charge in [-0.3, -0.25) is 9.59 Å². The molecule has 0 aliphatic heterocycles. The predicted octanol–water partition coefficient (Wildman–Crippen LogP) is 6.04. The molecule has 0 heterocycles. The highest BCUT2D eigenvalue weighted by atomic mass is 19.4. The predicted molar refractivity (Wildman–Crippen MR) is 107 cm³/mol. The molecule has 0 saturated heterocycles. The van der Waals surface area contributed by atoms with Gasteiger partial charge in [0.25, 0.3) is 0 Å². The smallest absolute Gasteiger partial charge is 0.416 e. The van der Waals surface area contributed by atoms with Crippen molar-refractivity contribution in [2.75, 3.05) is 0 Å². The summed E-state index contributed by atoms with van der Waals surface area (Å²) in [7, 11) is 0. The lowest BCUT2D eigenvalue weighted by molar-refractivity contribution is -0.159. The molecule has 3 atom stereocenters. The number of esters is 1. The molecule has 1 fully saturated rings. The number of halogens is 3. The lowest BCUT2D eigenvalue weighted by Gasteiger charge is -2.22. The molecule has 3 nitrogen and oxygen atoms in total. The molecule has 1 aliphatic carbocycles. The van der Waals surface area contributed by atoms with Crippen LogP contribution in [0.2, 0.25) is 0 Å². The molecule has 6 heteroatoms. The van der Waals surface area contributed by atoms with Crippen LogP contribution in [0, 0.1) is 11.8 Å². The van der Waals surface area contributed by atoms with Crippen molar-refractivity contribution in [1.82, 2.24) is 0 Å². The van der Waals surface area contributed by atoms with Crippen LogP contribution in [0.25, 0.3) is 0 Å². The van der Waals surface area contributed by atoms with Crippen LogP contribution in [0.1, 0.15) is 61.0 Å². The number of ether oxygens (including phenoxy) is 1. The molecule has 0 amide bonds. The summed E-state index contributed by atoms with van der Waals surface area (Å²) in [6.45, 7) is 5.37. The van der Waals surface area contributed by atoms with Crippen LogP contribution in [0.5, 0.6) is 0 Å². The minimum absolute atomic E-state index is 0.196. The summed E-state index contributed by atoms with van der Waals surface area (Å²) in [4.78, 5) is 25.9. The second-order valence-corrected chi connectivity index (χ2v) is 8.76. The maximum absolute atomic E-state index is 13.2. The first kappa shape index (κ1) is 22.1. The fourth-order valence-corrected chi connectivity index (χ4v) is 4.01. The second kappa shape index (κ2) is 8.25. The van der Waals surface area contributed by atoms with Gasteiger partial charge < -0.3 is 4.74 Å². The number of rotatable bonds is 4. The SMILES string of the molecule is CC(C)(C)OC(=O)[C@@H]1C[C@H](C(=O)c2ccc(C(F)(F)F)cc2)[C@@H](c2ccccc2)C1. The molecule has 1 saturated carbocycles. The molecule has 1 aliphatic rings. The summed E-state index contributed by atoms with van der Waals surface area (Å²) < 4.78 is 44.0. The Kier molecular flexibility index (Phi) is 6.06. The Morgan fingerprint density at radius 2 is 1.50 bits per heavy atom. The number of benzene rings is 2. The summed E-state index contributed by atoms with van der Waals surface area (Å²) >= 11 is 0. The highest BCUT2D eigenvalue weighted by Gasteiger charge is 2.44. The Balaban J connectivity index is 1.87. The van der Waals surface area contributed by atoms with Gasteiger partial charge in [0.2, 0.25) is 0 Å². The lowest BCUT2D eigenvalue weighted by Crippen LogP contribution is -2.28. The van der Waals surface area contributed by atoms with E-state index in [-0.39, 0.29) is 23.2 Å². The summed E-state index contributed by atoms with van der Waals surface area (Å²) in [6, 6.07) is 13.7. The quantitative estimate of drug-likeness (QED) is 0.449. The van der Waals surface area contributed by atoms with Crippen molar-refractivity contribution >= 4 is 11.8 Å². The number of carbonyl (C=O) groups excluding carboxylic acids is 2. The van der Waals surface area contributed by atoms with Gasteiger partial charge in [0.15, 0.2) is 5.78 Å². The first-order valence-electron chi connectivity index (χ1n) is 9.95. The maximum atomic E-state index is 13.2. The summed E-state index contributed by atoms with van der Waals surface area (Å²) in [5.41, 5.74) is -0.265. The molecule has 0 aromatic heterocycles. The van der Waals surface area contributed by atoms with E-state index in [2.05, 4.69) is 0 Å². The minimum Gasteiger partial charge on any atom is -0.460 e. The average Bonchev–Trinajstić information content (AvgIpc) is 3.12. The topological polar surface area (TPSA) is 43.4 Å². The van der Waals surface area contributed by atoms with Gasteiger partial charge in [-0.05, 0) is 57.2 Å². The van der Waals surface area contributed by atoms with E-state index < -0.39 is 29.2 Å². The molecule has 0 N–H and O–H groups in total. The Bertz CT molecular complexity index is 896.